The number of carboxylic acid groups (broad SMARTS) is 1. The summed E-state index contributed by atoms with van der Waals surface area (Å²) in [5, 5.41) is 12.4. The molecule has 2 bridgehead atoms. The summed E-state index contributed by atoms with van der Waals surface area (Å²) in [5.74, 6) is 0.449. The first-order valence-electron chi connectivity index (χ1n) is 6.45. The number of fused-ring (bicyclic) bond motifs is 2. The van der Waals surface area contributed by atoms with E-state index >= 15 is 0 Å². The molecule has 20 heavy (non-hydrogen) atoms. The second-order valence-electron chi connectivity index (χ2n) is 5.14. The molecule has 1 amide bonds. The largest absolute Gasteiger partial charge is 0.465 e. The number of hydrogen-bond donors (Lipinski definition) is 2. The van der Waals surface area contributed by atoms with E-state index < -0.39 is 24.3 Å². The minimum atomic E-state index is -1.25. The molecule has 2 saturated heterocycles. The van der Waals surface area contributed by atoms with Crippen molar-refractivity contribution in [1.82, 2.24) is 14.9 Å². The fourth-order valence-electron chi connectivity index (χ4n) is 3.16. The lowest BCUT2D eigenvalue weighted by Crippen LogP contribution is -2.56. The minimum absolute atomic E-state index is 0.123. The van der Waals surface area contributed by atoms with Crippen LogP contribution in [-0.2, 0) is 0 Å². The molecule has 3 rings (SSSR count). The molecule has 0 unspecified atom stereocenters. The van der Waals surface area contributed by atoms with Crippen molar-refractivity contribution in [3.8, 4) is 0 Å². The number of hydrogen-bond acceptors (Lipinski definition) is 4. The molecule has 0 aliphatic carbocycles. The molecule has 0 saturated carbocycles. The average Bonchev–Trinajstić information content (AvgIpc) is 2.77. The summed E-state index contributed by atoms with van der Waals surface area (Å²) in [4.78, 5) is 20.3. The number of nitrogens with zero attached hydrogens (tertiary/aromatic N) is 3. The number of rotatable bonds is 2. The highest BCUT2D eigenvalue weighted by molar-refractivity contribution is 6.29. The molecule has 0 aromatic carbocycles. The van der Waals surface area contributed by atoms with E-state index in [1.807, 2.05) is 0 Å². The lowest BCUT2D eigenvalue weighted by Gasteiger charge is -2.39. The number of aromatic nitrogens is 2. The summed E-state index contributed by atoms with van der Waals surface area (Å²) >= 11 is 5.65. The predicted octanol–water partition coefficient (Wildman–Crippen LogP) is 2.16. The molecule has 2 aliphatic heterocycles. The average molecular weight is 301 g/mol. The Morgan fingerprint density at radius 3 is 2.90 bits per heavy atom. The normalized spacial score (nSPS) is 32.2. The predicted molar refractivity (Wildman–Crippen MR) is 70.6 cm³/mol. The maximum Gasteiger partial charge on any atom is 0.407 e. The van der Waals surface area contributed by atoms with Crippen molar-refractivity contribution in [2.24, 2.45) is 0 Å². The highest BCUT2D eigenvalue weighted by atomic mass is 35.5. The summed E-state index contributed by atoms with van der Waals surface area (Å²) in [6.45, 7) is 0. The smallest absolute Gasteiger partial charge is 0.407 e. The van der Waals surface area contributed by atoms with E-state index in [0.717, 1.165) is 0 Å². The number of anilines is 1. The van der Waals surface area contributed by atoms with Crippen molar-refractivity contribution >= 4 is 23.5 Å². The zero-order valence-electron chi connectivity index (χ0n) is 10.5. The summed E-state index contributed by atoms with van der Waals surface area (Å²) < 4.78 is 14.5. The fraction of sp³-hybridized carbons (Fsp3) is 0.583. The molecule has 2 N–H and O–H groups in total. The van der Waals surface area contributed by atoms with Crippen LogP contribution in [0.25, 0.3) is 0 Å². The Bertz CT molecular complexity index is 515. The number of amides is 1. The van der Waals surface area contributed by atoms with Crippen LogP contribution < -0.4 is 5.32 Å². The van der Waals surface area contributed by atoms with E-state index in [1.165, 1.54) is 17.3 Å². The lowest BCUT2D eigenvalue weighted by atomic mass is 9.96. The van der Waals surface area contributed by atoms with Crippen molar-refractivity contribution in [3.05, 3.63) is 17.5 Å². The Labute approximate surface area is 120 Å². The third kappa shape index (κ3) is 2.26. The van der Waals surface area contributed by atoms with Crippen LogP contribution in [0.2, 0.25) is 5.15 Å². The molecular formula is C12H14ClFN4O2. The molecule has 108 valence electrons. The van der Waals surface area contributed by atoms with Gasteiger partial charge in [-0.25, -0.2) is 19.2 Å². The fourth-order valence-corrected chi connectivity index (χ4v) is 3.26. The molecule has 3 heterocycles. The summed E-state index contributed by atoms with van der Waals surface area (Å²) in [6.07, 6.45) is 2.27. The van der Waals surface area contributed by atoms with Crippen LogP contribution >= 0.6 is 11.6 Å². The second kappa shape index (κ2) is 5.05. The molecule has 2 fully saturated rings. The molecular weight excluding hydrogens is 287 g/mol. The third-order valence-electron chi connectivity index (χ3n) is 4.00. The highest BCUT2D eigenvalue weighted by Gasteiger charge is 2.50. The van der Waals surface area contributed by atoms with Crippen LogP contribution in [0.15, 0.2) is 12.4 Å². The standard InChI is InChI=1S/C12H14ClFN4O2/c13-9-4-16-10(5-15-9)17-7-3-6-1-2-8(11(7)14)18(6)12(19)20/h4-8,11H,1-3H2,(H,16,17)(H,19,20)/t6-,7-,8+,11-/m1/s1. The van der Waals surface area contributed by atoms with E-state index in [0.29, 0.717) is 25.1 Å². The van der Waals surface area contributed by atoms with Crippen molar-refractivity contribution in [2.45, 2.75) is 43.6 Å². The van der Waals surface area contributed by atoms with Gasteiger partial charge < -0.3 is 10.4 Å². The quantitative estimate of drug-likeness (QED) is 0.875. The van der Waals surface area contributed by atoms with Gasteiger partial charge in [0.25, 0.3) is 0 Å². The van der Waals surface area contributed by atoms with Crippen LogP contribution in [0.1, 0.15) is 19.3 Å². The zero-order chi connectivity index (χ0) is 14.3. The van der Waals surface area contributed by atoms with Gasteiger partial charge in [0.15, 0.2) is 0 Å². The van der Waals surface area contributed by atoms with Gasteiger partial charge >= 0.3 is 6.09 Å². The molecule has 1 aromatic rings. The monoisotopic (exact) mass is 300 g/mol. The summed E-state index contributed by atoms with van der Waals surface area (Å²) in [6, 6.07) is -1.13. The van der Waals surface area contributed by atoms with E-state index in [9.17, 15) is 9.18 Å². The summed E-state index contributed by atoms with van der Waals surface area (Å²) in [5.41, 5.74) is 0. The molecule has 4 atom stereocenters. The van der Waals surface area contributed by atoms with Crippen LogP contribution in [-0.4, -0.2) is 50.4 Å². The van der Waals surface area contributed by atoms with Gasteiger partial charge in [-0.2, -0.15) is 0 Å². The van der Waals surface area contributed by atoms with E-state index in [2.05, 4.69) is 15.3 Å². The first-order valence-corrected chi connectivity index (χ1v) is 6.83. The zero-order valence-corrected chi connectivity index (χ0v) is 11.3. The SMILES string of the molecule is O=C(O)N1[C@@H]2CC[C@H]1[C@H](F)[C@H](Nc1cnc(Cl)cn1)C2. The van der Waals surface area contributed by atoms with Gasteiger partial charge in [0.1, 0.15) is 17.1 Å². The number of halogens is 2. The molecule has 0 radical (unpaired) electrons. The maximum atomic E-state index is 14.5. The van der Waals surface area contributed by atoms with Gasteiger partial charge in [-0.15, -0.1) is 0 Å². The van der Waals surface area contributed by atoms with Gasteiger partial charge in [0.2, 0.25) is 0 Å². The van der Waals surface area contributed by atoms with Gasteiger partial charge in [0.05, 0.1) is 24.5 Å². The van der Waals surface area contributed by atoms with Gasteiger partial charge in [-0.05, 0) is 19.3 Å². The number of piperidine rings is 1. The van der Waals surface area contributed by atoms with Gasteiger partial charge in [0, 0.05) is 6.04 Å². The van der Waals surface area contributed by atoms with Crippen LogP contribution in [0.5, 0.6) is 0 Å². The van der Waals surface area contributed by atoms with Crippen LogP contribution in [0.3, 0.4) is 0 Å². The summed E-state index contributed by atoms with van der Waals surface area (Å²) in [7, 11) is 0. The highest BCUT2D eigenvalue weighted by Crippen LogP contribution is 2.38. The maximum absolute atomic E-state index is 14.5. The number of carbonyl (C=O) groups is 1. The van der Waals surface area contributed by atoms with Crippen LogP contribution in [0.4, 0.5) is 15.0 Å². The second-order valence-corrected chi connectivity index (χ2v) is 5.53. The molecule has 1 aromatic heterocycles. The van der Waals surface area contributed by atoms with E-state index in [-0.39, 0.29) is 11.2 Å². The van der Waals surface area contributed by atoms with Crippen molar-refractivity contribution < 1.29 is 14.3 Å². The topological polar surface area (TPSA) is 78.4 Å². The van der Waals surface area contributed by atoms with E-state index in [4.69, 9.17) is 16.7 Å². The van der Waals surface area contributed by atoms with Gasteiger partial charge in [-0.3, -0.25) is 4.90 Å². The Morgan fingerprint density at radius 1 is 1.45 bits per heavy atom. The number of nitrogens with one attached hydrogen (secondary N) is 1. The minimum Gasteiger partial charge on any atom is -0.465 e. The Hall–Kier alpha value is -1.63. The third-order valence-corrected chi connectivity index (χ3v) is 4.19. The van der Waals surface area contributed by atoms with Crippen molar-refractivity contribution in [3.63, 3.8) is 0 Å². The first kappa shape index (κ1) is 13.4. The molecule has 6 nitrogen and oxygen atoms in total. The van der Waals surface area contributed by atoms with Crippen molar-refractivity contribution in [2.75, 3.05) is 5.32 Å². The Balaban J connectivity index is 1.74. The molecule has 2 aliphatic rings. The van der Waals surface area contributed by atoms with E-state index in [1.54, 1.807) is 0 Å². The number of alkyl halides is 1. The molecule has 8 heteroatoms. The molecule has 0 spiro atoms. The van der Waals surface area contributed by atoms with Crippen LogP contribution in [0, 0.1) is 0 Å². The lowest BCUT2D eigenvalue weighted by molar-refractivity contribution is 0.0544. The van der Waals surface area contributed by atoms with Crippen molar-refractivity contribution in [1.29, 1.82) is 0 Å². The Morgan fingerprint density at radius 2 is 2.25 bits per heavy atom. The van der Waals surface area contributed by atoms with Gasteiger partial charge in [-0.1, -0.05) is 11.6 Å². The first-order chi connectivity index (χ1) is 9.56. The Kier molecular flexibility index (Phi) is 3.37.